The molecule has 1 saturated heterocycles. The number of likely N-dealkylation sites (tertiary alicyclic amines) is 1. The molecule has 1 aliphatic rings. The Kier molecular flexibility index (Phi) is 5.55. The van der Waals surface area contributed by atoms with Gasteiger partial charge in [-0.1, -0.05) is 45.7 Å². The number of rotatable bonds is 5. The molecule has 1 aromatic carbocycles. The van der Waals surface area contributed by atoms with E-state index < -0.39 is 0 Å². The monoisotopic (exact) mass is 313 g/mol. The molecular formula is C21H31NO. The van der Waals surface area contributed by atoms with Crippen LogP contribution in [0, 0.1) is 29.1 Å². The van der Waals surface area contributed by atoms with Gasteiger partial charge in [0.1, 0.15) is 0 Å². The number of terminal acetylenes is 1. The fraction of sp³-hybridized carbons (Fsp3) is 0.619. The van der Waals surface area contributed by atoms with Crippen molar-refractivity contribution in [1.82, 2.24) is 4.90 Å². The summed E-state index contributed by atoms with van der Waals surface area (Å²) in [4.78, 5) is 2.57. The minimum atomic E-state index is 0.267. The minimum absolute atomic E-state index is 0.267. The van der Waals surface area contributed by atoms with Crippen molar-refractivity contribution in [2.24, 2.45) is 16.7 Å². The Labute approximate surface area is 141 Å². The zero-order valence-electron chi connectivity index (χ0n) is 15.1. The lowest BCUT2D eigenvalue weighted by Crippen LogP contribution is -2.49. The van der Waals surface area contributed by atoms with Gasteiger partial charge in [0.2, 0.25) is 0 Å². The molecule has 0 saturated carbocycles. The van der Waals surface area contributed by atoms with E-state index in [2.05, 4.69) is 50.6 Å². The first-order valence-electron chi connectivity index (χ1n) is 8.64. The summed E-state index contributed by atoms with van der Waals surface area (Å²) in [6.07, 6.45) is 7.74. The summed E-state index contributed by atoms with van der Waals surface area (Å²) >= 11 is 0. The van der Waals surface area contributed by atoms with Gasteiger partial charge in [0.15, 0.2) is 0 Å². The smallest absolute Gasteiger partial charge is 0.0456 e. The van der Waals surface area contributed by atoms with E-state index in [1.54, 1.807) is 0 Å². The van der Waals surface area contributed by atoms with Crippen LogP contribution in [0.25, 0.3) is 0 Å². The van der Waals surface area contributed by atoms with E-state index in [9.17, 15) is 5.11 Å². The average molecular weight is 313 g/mol. The molecule has 0 spiro atoms. The van der Waals surface area contributed by atoms with E-state index in [1.165, 1.54) is 12.0 Å². The molecule has 0 radical (unpaired) electrons. The zero-order chi connectivity index (χ0) is 17.1. The van der Waals surface area contributed by atoms with Crippen LogP contribution in [0.5, 0.6) is 0 Å². The number of nitrogens with zero attached hydrogens (tertiary/aromatic N) is 1. The first-order valence-corrected chi connectivity index (χ1v) is 8.64. The molecule has 2 rings (SSSR count). The minimum Gasteiger partial charge on any atom is -0.396 e. The van der Waals surface area contributed by atoms with E-state index in [-0.39, 0.29) is 12.0 Å². The van der Waals surface area contributed by atoms with E-state index in [0.29, 0.717) is 11.3 Å². The van der Waals surface area contributed by atoms with Crippen molar-refractivity contribution in [3.8, 4) is 12.3 Å². The maximum atomic E-state index is 9.43. The second-order valence-electron chi connectivity index (χ2n) is 8.63. The first kappa shape index (κ1) is 18.0. The first-order chi connectivity index (χ1) is 10.8. The van der Waals surface area contributed by atoms with Gasteiger partial charge in [-0.25, -0.2) is 0 Å². The van der Waals surface area contributed by atoms with Crippen molar-refractivity contribution in [1.29, 1.82) is 0 Å². The topological polar surface area (TPSA) is 23.5 Å². The lowest BCUT2D eigenvalue weighted by molar-refractivity contribution is -0.00476. The molecule has 0 amide bonds. The van der Waals surface area contributed by atoms with E-state index >= 15 is 0 Å². The normalized spacial score (nSPS) is 25.7. The van der Waals surface area contributed by atoms with Gasteiger partial charge in [0.05, 0.1) is 0 Å². The molecule has 2 nitrogen and oxygen atoms in total. The summed E-state index contributed by atoms with van der Waals surface area (Å²) in [5.41, 5.74) is 2.83. The summed E-state index contributed by atoms with van der Waals surface area (Å²) in [6, 6.07) is 8.34. The van der Waals surface area contributed by atoms with Crippen LogP contribution in [-0.2, 0) is 6.54 Å². The summed E-state index contributed by atoms with van der Waals surface area (Å²) in [6.45, 7) is 12.7. The van der Waals surface area contributed by atoms with E-state index in [0.717, 1.165) is 31.6 Å². The number of hydrogen-bond donors (Lipinski definition) is 1. The number of aliphatic hydroxyl groups excluding tert-OH is 1. The molecule has 2 heteroatoms. The van der Waals surface area contributed by atoms with Crippen LogP contribution in [-0.4, -0.2) is 29.7 Å². The third kappa shape index (κ3) is 5.09. The lowest BCUT2D eigenvalue weighted by Gasteiger charge is -2.49. The molecule has 1 aliphatic heterocycles. The van der Waals surface area contributed by atoms with Crippen molar-refractivity contribution >= 4 is 0 Å². The highest BCUT2D eigenvalue weighted by molar-refractivity contribution is 5.34. The standard InChI is InChI=1S/C21H31NO/c1-6-18-7-9-19(10-8-18)12-22-15-20(3,4)14-21(5,16-22)11-17(2)13-23/h1,7-10,17,23H,11-16H2,2-5H3/t17-,21?/m0/s1. The Balaban J connectivity index is 2.09. The molecule has 1 fully saturated rings. The Morgan fingerprint density at radius 2 is 1.87 bits per heavy atom. The highest BCUT2D eigenvalue weighted by atomic mass is 16.3. The summed E-state index contributed by atoms with van der Waals surface area (Å²) < 4.78 is 0. The highest BCUT2D eigenvalue weighted by Gasteiger charge is 2.40. The highest BCUT2D eigenvalue weighted by Crippen LogP contribution is 2.44. The number of piperidine rings is 1. The van der Waals surface area contributed by atoms with Crippen LogP contribution in [0.4, 0.5) is 0 Å². The number of aliphatic hydroxyl groups is 1. The Bertz CT molecular complexity index is 554. The molecule has 0 bridgehead atoms. The van der Waals surface area contributed by atoms with Gasteiger partial charge < -0.3 is 5.11 Å². The quantitative estimate of drug-likeness (QED) is 0.833. The Morgan fingerprint density at radius 3 is 2.43 bits per heavy atom. The van der Waals surface area contributed by atoms with Crippen molar-refractivity contribution in [2.45, 2.75) is 47.1 Å². The SMILES string of the molecule is C#Cc1ccc(CN2CC(C)(C)CC(C)(C[C@H](C)CO)C2)cc1. The fourth-order valence-electron chi connectivity index (χ4n) is 4.59. The van der Waals surface area contributed by atoms with E-state index in [4.69, 9.17) is 6.42 Å². The van der Waals surface area contributed by atoms with Gasteiger partial charge in [-0.05, 0) is 47.3 Å². The van der Waals surface area contributed by atoms with Crippen molar-refractivity contribution < 1.29 is 5.11 Å². The zero-order valence-corrected chi connectivity index (χ0v) is 15.1. The van der Waals surface area contributed by atoms with Crippen LogP contribution >= 0.6 is 0 Å². The fourth-order valence-corrected chi connectivity index (χ4v) is 4.59. The molecule has 1 heterocycles. The predicted octanol–water partition coefficient (Wildman–Crippen LogP) is 3.92. The summed E-state index contributed by atoms with van der Waals surface area (Å²) in [5, 5.41) is 9.43. The second kappa shape index (κ2) is 7.07. The van der Waals surface area contributed by atoms with Gasteiger partial charge >= 0.3 is 0 Å². The second-order valence-corrected chi connectivity index (χ2v) is 8.63. The molecule has 1 unspecified atom stereocenters. The van der Waals surface area contributed by atoms with Crippen LogP contribution in [0.2, 0.25) is 0 Å². The van der Waals surface area contributed by atoms with Crippen LogP contribution in [0.1, 0.15) is 51.7 Å². The van der Waals surface area contributed by atoms with Gasteiger partial charge in [-0.15, -0.1) is 6.42 Å². The van der Waals surface area contributed by atoms with Crippen LogP contribution < -0.4 is 0 Å². The predicted molar refractivity (Wildman–Crippen MR) is 97.0 cm³/mol. The molecule has 23 heavy (non-hydrogen) atoms. The molecule has 1 N–H and O–H groups in total. The Morgan fingerprint density at radius 1 is 1.22 bits per heavy atom. The average Bonchev–Trinajstić information content (AvgIpc) is 2.45. The van der Waals surface area contributed by atoms with Crippen molar-refractivity contribution in [3.05, 3.63) is 35.4 Å². The maximum Gasteiger partial charge on any atom is 0.0456 e. The molecule has 0 aliphatic carbocycles. The third-order valence-electron chi connectivity index (χ3n) is 4.84. The van der Waals surface area contributed by atoms with Gasteiger partial charge in [-0.3, -0.25) is 4.90 Å². The van der Waals surface area contributed by atoms with Crippen molar-refractivity contribution in [2.75, 3.05) is 19.7 Å². The van der Waals surface area contributed by atoms with Gasteiger partial charge in [-0.2, -0.15) is 0 Å². The van der Waals surface area contributed by atoms with Gasteiger partial charge in [0, 0.05) is 31.8 Å². The third-order valence-corrected chi connectivity index (χ3v) is 4.84. The number of hydrogen-bond acceptors (Lipinski definition) is 2. The van der Waals surface area contributed by atoms with Gasteiger partial charge in [0.25, 0.3) is 0 Å². The summed E-state index contributed by atoms with van der Waals surface area (Å²) in [7, 11) is 0. The number of benzene rings is 1. The van der Waals surface area contributed by atoms with Crippen molar-refractivity contribution in [3.63, 3.8) is 0 Å². The summed E-state index contributed by atoms with van der Waals surface area (Å²) in [5.74, 6) is 3.04. The molecule has 2 atom stereocenters. The molecule has 1 aromatic rings. The maximum absolute atomic E-state index is 9.43. The molecule has 126 valence electrons. The largest absolute Gasteiger partial charge is 0.396 e. The van der Waals surface area contributed by atoms with E-state index in [1.807, 2.05) is 12.1 Å². The van der Waals surface area contributed by atoms with Crippen LogP contribution in [0.15, 0.2) is 24.3 Å². The molecular weight excluding hydrogens is 282 g/mol. The lowest BCUT2D eigenvalue weighted by atomic mass is 9.66. The Hall–Kier alpha value is -1.30. The molecule has 0 aromatic heterocycles. The van der Waals surface area contributed by atoms with Crippen LogP contribution in [0.3, 0.4) is 0 Å².